The number of ketones is 1. The Morgan fingerprint density at radius 3 is 2.33 bits per heavy atom. The number of nitrogens with one attached hydrogen (secondary N) is 3. The minimum Gasteiger partial charge on any atom is -0.475 e. The molecule has 23 heteroatoms. The molecule has 4 amide bonds. The third kappa shape index (κ3) is 13.4. The van der Waals surface area contributed by atoms with Gasteiger partial charge >= 0.3 is 6.18 Å². The molecule has 18 nitrogen and oxygen atoms in total. The van der Waals surface area contributed by atoms with Crippen molar-refractivity contribution in [3.05, 3.63) is 117 Å². The van der Waals surface area contributed by atoms with Crippen molar-refractivity contribution in [3.8, 4) is 17.0 Å². The number of carbonyl (C=O) groups is 5. The number of likely N-dealkylation sites (tertiary alicyclic amines) is 2. The first kappa shape index (κ1) is 58.3. The zero-order valence-electron chi connectivity index (χ0n) is 46.3. The number of benzene rings is 2. The highest BCUT2D eigenvalue weighted by atomic mass is 32.1. The van der Waals surface area contributed by atoms with Gasteiger partial charge in [0.1, 0.15) is 34.9 Å². The molecule has 4 aliphatic heterocycles. The lowest BCUT2D eigenvalue weighted by Crippen LogP contribution is -2.58. The van der Waals surface area contributed by atoms with Crippen LogP contribution in [0.1, 0.15) is 94.2 Å². The average Bonchev–Trinajstić information content (AvgIpc) is 4.36. The monoisotopic (exact) mass is 1150 g/mol. The first-order chi connectivity index (χ1) is 39.5. The van der Waals surface area contributed by atoms with Crippen LogP contribution in [-0.4, -0.2) is 174 Å². The number of thiazole rings is 1. The number of alkyl halides is 3. The summed E-state index contributed by atoms with van der Waals surface area (Å²) in [7, 11) is 1.69. The smallest absolute Gasteiger partial charge is 0.416 e. The molecule has 1 saturated carbocycles. The van der Waals surface area contributed by atoms with Crippen molar-refractivity contribution < 1.29 is 51.0 Å². The van der Waals surface area contributed by atoms with Gasteiger partial charge in [-0.15, -0.1) is 11.3 Å². The summed E-state index contributed by atoms with van der Waals surface area (Å²) in [6.07, 6.45) is 2.70. The third-order valence-corrected chi connectivity index (χ3v) is 17.7. The van der Waals surface area contributed by atoms with E-state index in [0.717, 1.165) is 68.8 Å². The third-order valence-electron chi connectivity index (χ3n) is 16.7. The number of nitrogens with zero attached hydrogens (tertiary/aromatic N) is 8. The van der Waals surface area contributed by atoms with Gasteiger partial charge in [0.15, 0.2) is 0 Å². The fraction of sp³-hybridized carbons (Fsp3) is 0.492. The van der Waals surface area contributed by atoms with Crippen LogP contribution in [0.5, 0.6) is 5.88 Å². The van der Waals surface area contributed by atoms with Crippen LogP contribution < -0.4 is 25.6 Å². The highest BCUT2D eigenvalue weighted by Crippen LogP contribution is 2.39. The summed E-state index contributed by atoms with van der Waals surface area (Å²) >= 11 is 1.31. The van der Waals surface area contributed by atoms with Crippen molar-refractivity contribution in [3.63, 3.8) is 0 Å². The van der Waals surface area contributed by atoms with Gasteiger partial charge in [-0.05, 0) is 120 Å². The number of hydrogen-bond acceptors (Lipinski definition) is 15. The maximum Gasteiger partial charge on any atom is 0.416 e. The molecule has 436 valence electrons. The molecule has 7 heterocycles. The molecule has 0 bridgehead atoms. The Hall–Kier alpha value is -6.92. The lowest BCUT2D eigenvalue weighted by molar-refractivity contribution is -0.144. The van der Waals surface area contributed by atoms with E-state index in [1.807, 2.05) is 17.9 Å². The molecule has 3 aromatic heterocycles. The highest BCUT2D eigenvalue weighted by molar-refractivity contribution is 7.10. The Bertz CT molecular complexity index is 3100. The van der Waals surface area contributed by atoms with Crippen LogP contribution in [0.3, 0.4) is 0 Å². The van der Waals surface area contributed by atoms with Gasteiger partial charge in [-0.25, -0.2) is 14.4 Å². The standard InChI is InChI=1S/C59H69F4N11O7S/c1-36-47(32-45(34-65-36)67-54(77)40-6-4-7-43(28-40)59(61,62)63)42-31-50(72-23-25-80-26-24-72)55(66-33-42)81-27-22-70-18-20-71(21-19-70)46-29-41(30-46)57(78)73-16-13-38(14-17-73)51(69-53(76)37(2)64-3)58(79)74-15-5-8-49(74)56-68-48(35-82-56)52(75)39-9-11-44(60)12-10-39/h4,6-7,9-12,28,31-35,37-38,41,46,49,51,64H,5,8,13-27,29-30H2,1-3H3,(H,67,77)(H,69,76)/t37-,41?,46?,49-,51?/m0/s1. The van der Waals surface area contributed by atoms with Gasteiger partial charge in [0.05, 0.1) is 42.7 Å². The van der Waals surface area contributed by atoms with Crippen molar-refractivity contribution in [2.45, 2.75) is 82.7 Å². The van der Waals surface area contributed by atoms with E-state index in [-0.39, 0.29) is 52.6 Å². The van der Waals surface area contributed by atoms with E-state index in [2.05, 4.69) is 40.6 Å². The molecule has 1 aliphatic carbocycles. The fourth-order valence-electron chi connectivity index (χ4n) is 11.6. The molecule has 4 saturated heterocycles. The molecule has 5 fully saturated rings. The summed E-state index contributed by atoms with van der Waals surface area (Å²) in [5.74, 6) is -1.55. The Labute approximate surface area is 477 Å². The molecular weight excluding hydrogens is 1080 g/mol. The van der Waals surface area contributed by atoms with Gasteiger partial charge in [-0.3, -0.25) is 38.8 Å². The lowest BCUT2D eigenvalue weighted by Gasteiger charge is -2.47. The molecule has 0 spiro atoms. The van der Waals surface area contributed by atoms with E-state index in [1.54, 1.807) is 36.5 Å². The Balaban J connectivity index is 0.692. The predicted octanol–water partition coefficient (Wildman–Crippen LogP) is 6.86. The normalized spacial score (nSPS) is 20.9. The number of amides is 4. The molecule has 5 aromatic rings. The predicted molar refractivity (Wildman–Crippen MR) is 300 cm³/mol. The van der Waals surface area contributed by atoms with Crippen molar-refractivity contribution in [1.82, 2.24) is 45.2 Å². The number of aryl methyl sites for hydroxylation is 1. The summed E-state index contributed by atoms with van der Waals surface area (Å²) in [4.78, 5) is 92.9. The first-order valence-electron chi connectivity index (χ1n) is 28.2. The molecule has 82 heavy (non-hydrogen) atoms. The number of piperidine rings is 1. The Kier molecular flexibility index (Phi) is 18.3. The van der Waals surface area contributed by atoms with Gasteiger partial charge in [0, 0.05) is 117 Å². The maximum absolute atomic E-state index is 14.6. The van der Waals surface area contributed by atoms with E-state index in [0.29, 0.717) is 118 Å². The molecule has 2 aromatic carbocycles. The molecule has 3 N–H and O–H groups in total. The molecule has 5 aliphatic rings. The topological polar surface area (TPSA) is 195 Å². The number of likely N-dealkylation sites (N-methyl/N-ethyl adjacent to an activating group) is 1. The van der Waals surface area contributed by atoms with E-state index < -0.39 is 35.5 Å². The number of halogens is 4. The molecule has 0 radical (unpaired) electrons. The van der Waals surface area contributed by atoms with Crippen LogP contribution in [0, 0.1) is 24.6 Å². The minimum absolute atomic E-state index is 0.0623. The van der Waals surface area contributed by atoms with Crippen molar-refractivity contribution >= 4 is 52.1 Å². The zero-order valence-corrected chi connectivity index (χ0v) is 47.1. The summed E-state index contributed by atoms with van der Waals surface area (Å²) < 4.78 is 65.7. The lowest BCUT2D eigenvalue weighted by atomic mass is 9.77. The number of anilines is 2. The summed E-state index contributed by atoms with van der Waals surface area (Å²) in [6.45, 7) is 11.9. The summed E-state index contributed by atoms with van der Waals surface area (Å²) in [5.41, 5.74) is 2.72. The van der Waals surface area contributed by atoms with Gasteiger partial charge in [0.2, 0.25) is 29.4 Å². The zero-order chi connectivity index (χ0) is 57.7. The number of rotatable bonds is 18. The van der Waals surface area contributed by atoms with Crippen LogP contribution in [0.4, 0.5) is 28.9 Å². The second kappa shape index (κ2) is 25.7. The van der Waals surface area contributed by atoms with Crippen molar-refractivity contribution in [2.24, 2.45) is 11.8 Å². The number of piperazine rings is 1. The number of ether oxygens (including phenoxy) is 2. The highest BCUT2D eigenvalue weighted by Gasteiger charge is 2.44. The quantitative estimate of drug-likeness (QED) is 0.0609. The second-order valence-corrected chi connectivity index (χ2v) is 22.7. The Morgan fingerprint density at radius 2 is 1.61 bits per heavy atom. The van der Waals surface area contributed by atoms with Gasteiger partial charge in [-0.2, -0.15) is 13.2 Å². The minimum atomic E-state index is -4.59. The van der Waals surface area contributed by atoms with Gasteiger partial charge < -0.3 is 40.1 Å². The first-order valence-corrected chi connectivity index (χ1v) is 29.1. The molecule has 10 rings (SSSR count). The van der Waals surface area contributed by atoms with E-state index in [4.69, 9.17) is 14.5 Å². The Morgan fingerprint density at radius 1 is 0.866 bits per heavy atom. The van der Waals surface area contributed by atoms with Crippen molar-refractivity contribution in [1.29, 1.82) is 0 Å². The average molecular weight is 1150 g/mol. The number of aromatic nitrogens is 3. The molecular formula is C59H69F4N11O7S. The van der Waals surface area contributed by atoms with Crippen LogP contribution in [0.25, 0.3) is 11.1 Å². The number of morpholine rings is 1. The van der Waals surface area contributed by atoms with E-state index in [9.17, 15) is 41.5 Å². The number of hydrogen-bond donors (Lipinski definition) is 3. The molecule has 1 unspecified atom stereocenters. The van der Waals surface area contributed by atoms with Crippen LogP contribution in [-0.2, 0) is 25.3 Å². The van der Waals surface area contributed by atoms with Gasteiger partial charge in [-0.1, -0.05) is 6.07 Å². The van der Waals surface area contributed by atoms with Crippen LogP contribution in [0.2, 0.25) is 0 Å². The van der Waals surface area contributed by atoms with Crippen LogP contribution in [0.15, 0.2) is 78.4 Å². The van der Waals surface area contributed by atoms with E-state index >= 15 is 0 Å². The van der Waals surface area contributed by atoms with Gasteiger partial charge in [0.25, 0.3) is 5.91 Å². The van der Waals surface area contributed by atoms with Crippen LogP contribution >= 0.6 is 11.3 Å². The van der Waals surface area contributed by atoms with E-state index in [1.165, 1.54) is 53.9 Å². The number of carbonyl (C=O) groups excluding carboxylic acids is 5. The summed E-state index contributed by atoms with van der Waals surface area (Å²) in [5, 5.41) is 11.1. The summed E-state index contributed by atoms with van der Waals surface area (Å²) in [6, 6.07) is 12.0. The largest absolute Gasteiger partial charge is 0.475 e. The fourth-order valence-corrected chi connectivity index (χ4v) is 12.6. The second-order valence-electron chi connectivity index (χ2n) is 21.8. The number of pyridine rings is 2. The van der Waals surface area contributed by atoms with Crippen molar-refractivity contribution in [2.75, 3.05) is 103 Å². The molecule has 3 atom stereocenters. The maximum atomic E-state index is 14.6. The SMILES string of the molecule is CN[C@@H](C)C(=O)NC(C(=O)N1CCC[C@H]1c1nc(C(=O)c2ccc(F)cc2)cs1)C1CCN(C(=O)C2CC(N3CCN(CCOc4ncc(-c5cc(NC(=O)c6cccc(C(F)(F)F)c6)cnc5C)cc4N4CCOCC4)CC3)C2)CC1.